The van der Waals surface area contributed by atoms with Gasteiger partial charge >= 0.3 is 5.97 Å². The summed E-state index contributed by atoms with van der Waals surface area (Å²) >= 11 is 5.77. The van der Waals surface area contributed by atoms with E-state index in [2.05, 4.69) is 5.32 Å². The first-order valence-corrected chi connectivity index (χ1v) is 9.88. The molecule has 0 aromatic heterocycles. The second-order valence-corrected chi connectivity index (χ2v) is 7.72. The van der Waals surface area contributed by atoms with Gasteiger partial charge in [-0.2, -0.15) is 0 Å². The van der Waals surface area contributed by atoms with E-state index in [0.717, 1.165) is 25.4 Å². The van der Waals surface area contributed by atoms with Crippen LogP contribution in [0.1, 0.15) is 42.5 Å². The predicted molar refractivity (Wildman–Crippen MR) is 101 cm³/mol. The molecular weight excluding hydrogens is 368 g/mol. The summed E-state index contributed by atoms with van der Waals surface area (Å²) in [5.41, 5.74) is 0.402. The summed E-state index contributed by atoms with van der Waals surface area (Å²) in [6.07, 6.45) is 6.04. The van der Waals surface area contributed by atoms with Crippen molar-refractivity contribution in [2.75, 3.05) is 26.2 Å². The van der Waals surface area contributed by atoms with Gasteiger partial charge in [0, 0.05) is 23.7 Å². The van der Waals surface area contributed by atoms with E-state index in [9.17, 15) is 14.4 Å². The van der Waals surface area contributed by atoms with Crippen LogP contribution < -0.4 is 5.32 Å². The van der Waals surface area contributed by atoms with Gasteiger partial charge in [0.2, 0.25) is 0 Å². The van der Waals surface area contributed by atoms with E-state index in [1.54, 1.807) is 24.3 Å². The molecule has 0 radical (unpaired) electrons. The molecule has 146 valence electrons. The first-order chi connectivity index (χ1) is 13.0. The lowest BCUT2D eigenvalue weighted by atomic mass is 9.75. The number of ether oxygens (including phenoxy) is 1. The fourth-order valence-corrected chi connectivity index (χ4v) is 4.09. The number of likely N-dealkylation sites (tertiary alicyclic amines) is 1. The summed E-state index contributed by atoms with van der Waals surface area (Å²) in [6.45, 7) is 0.964. The van der Waals surface area contributed by atoms with Crippen LogP contribution in [0.5, 0.6) is 0 Å². The Morgan fingerprint density at radius 3 is 2.52 bits per heavy atom. The maximum absolute atomic E-state index is 12.3. The van der Waals surface area contributed by atoms with Crippen molar-refractivity contribution in [2.45, 2.75) is 32.1 Å². The van der Waals surface area contributed by atoms with Crippen molar-refractivity contribution in [1.82, 2.24) is 10.2 Å². The maximum atomic E-state index is 12.3. The Morgan fingerprint density at radius 1 is 1.07 bits per heavy atom. The van der Waals surface area contributed by atoms with Crippen molar-refractivity contribution in [2.24, 2.45) is 11.8 Å². The van der Waals surface area contributed by atoms with Crippen molar-refractivity contribution in [3.8, 4) is 0 Å². The van der Waals surface area contributed by atoms with Crippen LogP contribution in [0.3, 0.4) is 0 Å². The van der Waals surface area contributed by atoms with Crippen molar-refractivity contribution in [3.05, 3.63) is 34.9 Å². The minimum Gasteiger partial charge on any atom is -0.454 e. The number of hydrogen-bond donors (Lipinski definition) is 1. The second kappa shape index (κ2) is 9.22. The number of fused-ring (bicyclic) bond motifs is 1. The Bertz CT molecular complexity index is 692. The number of rotatable bonds is 5. The molecule has 1 saturated carbocycles. The standard InChI is InChI=1S/C20H25ClN2O4/c21-17-7-5-15(6-8-17)20(26)22-11-19(25)27-13-18(24)23-10-9-14-3-1-2-4-16(14)12-23/h5-8,14,16H,1-4,9-13H2,(H,22,26)/t14-,16+/m1/s1. The summed E-state index contributed by atoms with van der Waals surface area (Å²) in [5.74, 6) is 0.156. The Hall–Kier alpha value is -2.08. The maximum Gasteiger partial charge on any atom is 0.325 e. The van der Waals surface area contributed by atoms with Crippen LogP contribution in [0.2, 0.25) is 5.02 Å². The third kappa shape index (κ3) is 5.45. The van der Waals surface area contributed by atoms with E-state index in [-0.39, 0.29) is 19.1 Å². The van der Waals surface area contributed by atoms with Crippen LogP contribution in [0.15, 0.2) is 24.3 Å². The SMILES string of the molecule is O=C(CNC(=O)c1ccc(Cl)cc1)OCC(=O)N1CC[C@H]2CCCC[C@H]2C1. The molecule has 2 aliphatic rings. The zero-order valence-electron chi connectivity index (χ0n) is 15.3. The Kier molecular flexibility index (Phi) is 6.72. The van der Waals surface area contributed by atoms with E-state index >= 15 is 0 Å². The third-order valence-electron chi connectivity index (χ3n) is 5.50. The number of carbonyl (C=O) groups excluding carboxylic acids is 3. The first-order valence-electron chi connectivity index (χ1n) is 9.50. The van der Waals surface area contributed by atoms with Crippen LogP contribution >= 0.6 is 11.6 Å². The molecule has 2 amide bonds. The monoisotopic (exact) mass is 392 g/mol. The Morgan fingerprint density at radius 2 is 1.78 bits per heavy atom. The van der Waals surface area contributed by atoms with E-state index in [0.29, 0.717) is 16.5 Å². The number of carbonyl (C=O) groups is 3. The van der Waals surface area contributed by atoms with Gasteiger partial charge in [0.15, 0.2) is 6.61 Å². The van der Waals surface area contributed by atoms with Crippen LogP contribution in [-0.2, 0) is 14.3 Å². The van der Waals surface area contributed by atoms with Crippen molar-refractivity contribution >= 4 is 29.4 Å². The molecule has 0 bridgehead atoms. The van der Waals surface area contributed by atoms with Crippen molar-refractivity contribution < 1.29 is 19.1 Å². The lowest BCUT2D eigenvalue weighted by molar-refractivity contribution is -0.152. The van der Waals surface area contributed by atoms with Gasteiger partial charge in [-0.3, -0.25) is 14.4 Å². The van der Waals surface area contributed by atoms with Crippen molar-refractivity contribution in [1.29, 1.82) is 0 Å². The lowest BCUT2D eigenvalue weighted by Crippen LogP contribution is -2.46. The highest BCUT2D eigenvalue weighted by Gasteiger charge is 2.33. The summed E-state index contributed by atoms with van der Waals surface area (Å²) in [4.78, 5) is 37.9. The molecule has 2 atom stereocenters. The van der Waals surface area contributed by atoms with Gasteiger partial charge in [-0.05, 0) is 48.9 Å². The molecule has 1 saturated heterocycles. The van der Waals surface area contributed by atoms with E-state index in [4.69, 9.17) is 16.3 Å². The van der Waals surface area contributed by atoms with Gasteiger partial charge in [-0.25, -0.2) is 0 Å². The molecule has 0 unspecified atom stereocenters. The molecule has 1 N–H and O–H groups in total. The minimum absolute atomic E-state index is 0.156. The van der Waals surface area contributed by atoms with Gasteiger partial charge < -0.3 is 15.0 Å². The average molecular weight is 393 g/mol. The number of nitrogens with zero attached hydrogens (tertiary/aromatic N) is 1. The highest BCUT2D eigenvalue weighted by Crippen LogP contribution is 2.35. The molecule has 1 heterocycles. The van der Waals surface area contributed by atoms with Gasteiger partial charge in [-0.1, -0.05) is 30.9 Å². The second-order valence-electron chi connectivity index (χ2n) is 7.28. The van der Waals surface area contributed by atoms with Crippen molar-refractivity contribution in [3.63, 3.8) is 0 Å². The number of halogens is 1. The largest absolute Gasteiger partial charge is 0.454 e. The summed E-state index contributed by atoms with van der Waals surface area (Å²) in [7, 11) is 0. The number of benzene rings is 1. The lowest BCUT2D eigenvalue weighted by Gasteiger charge is -2.41. The fraction of sp³-hybridized carbons (Fsp3) is 0.550. The molecule has 6 nitrogen and oxygen atoms in total. The molecule has 27 heavy (non-hydrogen) atoms. The summed E-state index contributed by atoms with van der Waals surface area (Å²) in [6, 6.07) is 6.34. The van der Waals surface area contributed by atoms with E-state index in [1.807, 2.05) is 4.90 Å². The number of amides is 2. The molecule has 1 aromatic carbocycles. The smallest absolute Gasteiger partial charge is 0.325 e. The molecule has 2 fully saturated rings. The predicted octanol–water partition coefficient (Wildman–Crippen LogP) is 2.65. The fourth-order valence-electron chi connectivity index (χ4n) is 3.97. The normalized spacial score (nSPS) is 21.9. The van der Waals surface area contributed by atoms with Gasteiger partial charge in [0.1, 0.15) is 6.54 Å². The van der Waals surface area contributed by atoms with Crippen LogP contribution in [0, 0.1) is 11.8 Å². The molecule has 1 aliphatic carbocycles. The third-order valence-corrected chi connectivity index (χ3v) is 5.75. The zero-order chi connectivity index (χ0) is 19.2. The van der Waals surface area contributed by atoms with E-state index < -0.39 is 11.9 Å². The minimum atomic E-state index is -0.627. The van der Waals surface area contributed by atoms with Crippen LogP contribution in [0.4, 0.5) is 0 Å². The average Bonchev–Trinajstić information content (AvgIpc) is 2.70. The zero-order valence-corrected chi connectivity index (χ0v) is 16.0. The molecule has 3 rings (SSSR count). The number of esters is 1. The first kappa shape index (κ1) is 19.7. The molecule has 7 heteroatoms. The molecule has 1 aliphatic heterocycles. The van der Waals surface area contributed by atoms with Gasteiger partial charge in [0.25, 0.3) is 11.8 Å². The Labute approximate surface area is 164 Å². The number of nitrogens with one attached hydrogen (secondary N) is 1. The topological polar surface area (TPSA) is 75.7 Å². The van der Waals surface area contributed by atoms with E-state index in [1.165, 1.54) is 25.7 Å². The summed E-state index contributed by atoms with van der Waals surface area (Å²) in [5, 5.41) is 3.01. The Balaban J connectivity index is 1.37. The highest BCUT2D eigenvalue weighted by atomic mass is 35.5. The number of piperidine rings is 1. The van der Waals surface area contributed by atoms with Crippen LogP contribution in [-0.4, -0.2) is 48.9 Å². The quantitative estimate of drug-likeness (QED) is 0.781. The molecular formula is C20H25ClN2O4. The van der Waals surface area contributed by atoms with Gasteiger partial charge in [-0.15, -0.1) is 0 Å². The van der Waals surface area contributed by atoms with Gasteiger partial charge in [0.05, 0.1) is 0 Å². The molecule has 0 spiro atoms. The summed E-state index contributed by atoms with van der Waals surface area (Å²) < 4.78 is 5.03. The van der Waals surface area contributed by atoms with Crippen LogP contribution in [0.25, 0.3) is 0 Å². The highest BCUT2D eigenvalue weighted by molar-refractivity contribution is 6.30. The molecule has 1 aromatic rings. The number of hydrogen-bond acceptors (Lipinski definition) is 4.